The van der Waals surface area contributed by atoms with E-state index in [0.29, 0.717) is 59.9 Å². The van der Waals surface area contributed by atoms with E-state index in [4.69, 9.17) is 26.7 Å². The van der Waals surface area contributed by atoms with Crippen molar-refractivity contribution >= 4 is 34.5 Å². The van der Waals surface area contributed by atoms with Gasteiger partial charge in [-0.05, 0) is 68.9 Å². The van der Waals surface area contributed by atoms with Gasteiger partial charge in [0.2, 0.25) is 0 Å². The van der Waals surface area contributed by atoms with Gasteiger partial charge in [0.25, 0.3) is 5.91 Å². The van der Waals surface area contributed by atoms with Gasteiger partial charge in [-0.3, -0.25) is 14.5 Å². The molecule has 2 heterocycles. The van der Waals surface area contributed by atoms with Gasteiger partial charge in [0, 0.05) is 55.3 Å². The quantitative estimate of drug-likeness (QED) is 0.196. The first kappa shape index (κ1) is 30.6. The Morgan fingerprint density at radius 3 is 2.44 bits per heavy atom. The molecular formula is C32H38ClFN4O3. The Kier molecular flexibility index (Phi) is 10.8. The van der Waals surface area contributed by atoms with Crippen molar-refractivity contribution in [2.24, 2.45) is 5.92 Å². The van der Waals surface area contributed by atoms with Crippen molar-refractivity contribution in [1.82, 2.24) is 19.8 Å². The van der Waals surface area contributed by atoms with Crippen molar-refractivity contribution in [1.29, 1.82) is 0 Å². The first-order valence-electron chi connectivity index (χ1n) is 14.3. The molecule has 41 heavy (non-hydrogen) atoms. The van der Waals surface area contributed by atoms with E-state index >= 15 is 0 Å². The van der Waals surface area contributed by atoms with Gasteiger partial charge in [-0.1, -0.05) is 42.8 Å². The Bertz CT molecular complexity index is 1370. The first-order valence-corrected chi connectivity index (χ1v) is 14.7. The molecule has 1 N–H and O–H groups in total. The van der Waals surface area contributed by atoms with E-state index in [9.17, 15) is 14.0 Å². The van der Waals surface area contributed by atoms with Crippen LogP contribution in [0.15, 0.2) is 54.6 Å². The van der Waals surface area contributed by atoms with Crippen LogP contribution in [0.25, 0.3) is 22.3 Å². The van der Waals surface area contributed by atoms with Crippen LogP contribution in [0.2, 0.25) is 5.02 Å². The molecule has 3 aromatic rings. The summed E-state index contributed by atoms with van der Waals surface area (Å²) in [6.07, 6.45) is 5.34. The van der Waals surface area contributed by atoms with Gasteiger partial charge < -0.3 is 10.0 Å². The Morgan fingerprint density at radius 1 is 1.02 bits per heavy atom. The SMILES string of the molecule is CC(F)C=CCC(C)CN1CCN(C(=O)c2ccc3nc(-c4ccc(Cl)cc4)c(CCCCC(=O)O)nc3c2)CC1. The van der Waals surface area contributed by atoms with E-state index in [0.717, 1.165) is 43.0 Å². The third kappa shape index (κ3) is 8.81. The van der Waals surface area contributed by atoms with Crippen LogP contribution in [0.4, 0.5) is 4.39 Å². The van der Waals surface area contributed by atoms with Crippen molar-refractivity contribution in [3.63, 3.8) is 0 Å². The Balaban J connectivity index is 1.46. The van der Waals surface area contributed by atoms with Crippen LogP contribution in [0.5, 0.6) is 0 Å². The van der Waals surface area contributed by atoms with Crippen molar-refractivity contribution in [3.8, 4) is 11.3 Å². The molecule has 1 aliphatic heterocycles. The van der Waals surface area contributed by atoms with Crippen LogP contribution in [0.3, 0.4) is 0 Å². The minimum absolute atomic E-state index is 0.0222. The molecule has 1 saturated heterocycles. The lowest BCUT2D eigenvalue weighted by Crippen LogP contribution is -2.49. The molecular weight excluding hydrogens is 543 g/mol. The fourth-order valence-corrected chi connectivity index (χ4v) is 5.26. The second-order valence-electron chi connectivity index (χ2n) is 10.9. The Hall–Kier alpha value is -3.36. The summed E-state index contributed by atoms with van der Waals surface area (Å²) in [4.78, 5) is 38.4. The molecule has 0 bridgehead atoms. The molecule has 1 aromatic heterocycles. The molecule has 0 aliphatic carbocycles. The summed E-state index contributed by atoms with van der Waals surface area (Å²) in [7, 11) is 0. The minimum atomic E-state index is -0.918. The summed E-state index contributed by atoms with van der Waals surface area (Å²) in [5.41, 5.74) is 4.31. The standard InChI is InChI=1S/C32H38ClFN4O3/c1-22(6-5-7-23(2)34)21-37-16-18-38(19-17-37)32(41)25-12-15-27-29(20-25)35-28(8-3-4-9-30(39)40)31(36-27)24-10-13-26(33)14-11-24/h5,7,10-15,20,22-23H,3-4,6,8-9,16-19,21H2,1-2H3,(H,39,40). The lowest BCUT2D eigenvalue weighted by atomic mass is 10.0. The number of rotatable bonds is 12. The van der Waals surface area contributed by atoms with Crippen LogP contribution in [-0.4, -0.2) is 75.6 Å². The molecule has 1 aliphatic rings. The highest BCUT2D eigenvalue weighted by Gasteiger charge is 2.23. The maximum absolute atomic E-state index is 13.4. The maximum Gasteiger partial charge on any atom is 0.303 e. The van der Waals surface area contributed by atoms with E-state index in [2.05, 4.69) is 11.8 Å². The molecule has 0 spiro atoms. The number of unbranched alkanes of at least 4 members (excludes halogenated alkanes) is 1. The summed E-state index contributed by atoms with van der Waals surface area (Å²) in [5, 5.41) is 9.64. The normalized spacial score (nSPS) is 15.9. The van der Waals surface area contributed by atoms with Gasteiger partial charge in [-0.2, -0.15) is 0 Å². The summed E-state index contributed by atoms with van der Waals surface area (Å²) in [5.74, 6) is -0.417. The zero-order chi connectivity index (χ0) is 29.4. The number of halogens is 2. The topological polar surface area (TPSA) is 86.6 Å². The number of piperazine rings is 1. The Morgan fingerprint density at radius 2 is 1.76 bits per heavy atom. The van der Waals surface area contributed by atoms with E-state index in [1.54, 1.807) is 6.08 Å². The predicted molar refractivity (Wildman–Crippen MR) is 161 cm³/mol. The second kappa shape index (κ2) is 14.5. The van der Waals surface area contributed by atoms with Crippen molar-refractivity contribution in [2.75, 3.05) is 32.7 Å². The molecule has 0 radical (unpaired) electrons. The largest absolute Gasteiger partial charge is 0.481 e. The second-order valence-corrected chi connectivity index (χ2v) is 11.3. The number of allylic oxidation sites excluding steroid dienone is 2. The number of nitrogens with zero attached hydrogens (tertiary/aromatic N) is 4. The summed E-state index contributed by atoms with van der Waals surface area (Å²) in [6.45, 7) is 7.52. The summed E-state index contributed by atoms with van der Waals surface area (Å²) < 4.78 is 13.0. The fourth-order valence-electron chi connectivity index (χ4n) is 5.14. The minimum Gasteiger partial charge on any atom is -0.481 e. The lowest BCUT2D eigenvalue weighted by Gasteiger charge is -2.36. The molecule has 9 heteroatoms. The van der Waals surface area contributed by atoms with Gasteiger partial charge in [-0.15, -0.1) is 0 Å². The average molecular weight is 581 g/mol. The molecule has 218 valence electrons. The Labute approximate surface area is 246 Å². The molecule has 2 aromatic carbocycles. The van der Waals surface area contributed by atoms with Crippen LogP contribution in [0.1, 0.15) is 55.6 Å². The van der Waals surface area contributed by atoms with Gasteiger partial charge in [0.05, 0.1) is 22.4 Å². The smallest absolute Gasteiger partial charge is 0.303 e. The third-order valence-electron chi connectivity index (χ3n) is 7.32. The van der Waals surface area contributed by atoms with E-state index in [-0.39, 0.29) is 12.3 Å². The number of hydrogen-bond donors (Lipinski definition) is 1. The van der Waals surface area contributed by atoms with Crippen LogP contribution in [0, 0.1) is 5.92 Å². The number of aliphatic carboxylic acids is 1. The number of carbonyl (C=O) groups is 2. The van der Waals surface area contributed by atoms with Gasteiger partial charge in [0.1, 0.15) is 6.17 Å². The number of aromatic nitrogens is 2. The zero-order valence-corrected chi connectivity index (χ0v) is 24.5. The maximum atomic E-state index is 13.4. The molecule has 2 atom stereocenters. The summed E-state index contributed by atoms with van der Waals surface area (Å²) >= 11 is 6.09. The number of carboxylic acid groups (broad SMARTS) is 1. The third-order valence-corrected chi connectivity index (χ3v) is 7.58. The van der Waals surface area contributed by atoms with E-state index in [1.165, 1.54) is 6.92 Å². The number of fused-ring (bicyclic) bond motifs is 1. The van der Waals surface area contributed by atoms with E-state index in [1.807, 2.05) is 53.4 Å². The van der Waals surface area contributed by atoms with E-state index < -0.39 is 12.1 Å². The van der Waals surface area contributed by atoms with Gasteiger partial charge in [-0.25, -0.2) is 14.4 Å². The first-order chi connectivity index (χ1) is 19.7. The highest BCUT2D eigenvalue weighted by atomic mass is 35.5. The summed E-state index contributed by atoms with van der Waals surface area (Å²) in [6, 6.07) is 12.9. The highest BCUT2D eigenvalue weighted by molar-refractivity contribution is 6.30. The molecule has 1 amide bonds. The van der Waals surface area contributed by atoms with Crippen LogP contribution >= 0.6 is 11.6 Å². The number of aryl methyl sites for hydroxylation is 1. The lowest BCUT2D eigenvalue weighted by molar-refractivity contribution is -0.137. The molecule has 0 saturated carbocycles. The van der Waals surface area contributed by atoms with Crippen molar-refractivity contribution < 1.29 is 19.1 Å². The van der Waals surface area contributed by atoms with Crippen molar-refractivity contribution in [2.45, 2.75) is 52.1 Å². The number of alkyl halides is 1. The monoisotopic (exact) mass is 580 g/mol. The average Bonchev–Trinajstić information content (AvgIpc) is 2.95. The number of amides is 1. The van der Waals surface area contributed by atoms with Crippen LogP contribution < -0.4 is 0 Å². The zero-order valence-electron chi connectivity index (χ0n) is 23.7. The number of benzene rings is 2. The molecule has 4 rings (SSSR count). The fraction of sp³-hybridized carbons (Fsp3) is 0.438. The highest BCUT2D eigenvalue weighted by Crippen LogP contribution is 2.27. The van der Waals surface area contributed by atoms with Gasteiger partial charge >= 0.3 is 5.97 Å². The number of carboxylic acids is 1. The van der Waals surface area contributed by atoms with Crippen LogP contribution in [-0.2, 0) is 11.2 Å². The number of carbonyl (C=O) groups excluding carboxylic acids is 1. The molecule has 1 fully saturated rings. The van der Waals surface area contributed by atoms with Crippen molar-refractivity contribution in [3.05, 3.63) is 70.9 Å². The van der Waals surface area contributed by atoms with Gasteiger partial charge in [0.15, 0.2) is 0 Å². The molecule has 2 unspecified atom stereocenters. The molecule has 7 nitrogen and oxygen atoms in total. The number of hydrogen-bond acceptors (Lipinski definition) is 5. The predicted octanol–water partition coefficient (Wildman–Crippen LogP) is 6.45.